The van der Waals surface area contributed by atoms with E-state index in [-0.39, 0.29) is 29.8 Å². The zero-order valence-electron chi connectivity index (χ0n) is 15.4. The van der Waals surface area contributed by atoms with Crippen LogP contribution >= 0.6 is 0 Å². The van der Waals surface area contributed by atoms with Crippen LogP contribution in [0.5, 0.6) is 0 Å². The van der Waals surface area contributed by atoms with Crippen LogP contribution in [0, 0.1) is 17.7 Å². The van der Waals surface area contributed by atoms with E-state index < -0.39 is 15.8 Å². The van der Waals surface area contributed by atoms with Crippen molar-refractivity contribution >= 4 is 15.9 Å². The molecule has 1 aromatic rings. The molecule has 3 rings (SSSR count). The fourth-order valence-electron chi connectivity index (χ4n) is 3.57. The fourth-order valence-corrected chi connectivity index (χ4v) is 5.10. The molecule has 2 fully saturated rings. The van der Waals surface area contributed by atoms with Crippen LogP contribution in [0.15, 0.2) is 29.2 Å². The van der Waals surface area contributed by atoms with E-state index in [0.29, 0.717) is 24.8 Å². The summed E-state index contributed by atoms with van der Waals surface area (Å²) in [6, 6.07) is 5.80. The van der Waals surface area contributed by atoms with Crippen molar-refractivity contribution in [1.82, 2.24) is 9.21 Å². The second-order valence-corrected chi connectivity index (χ2v) is 9.63. The first-order valence-electron chi connectivity index (χ1n) is 9.36. The summed E-state index contributed by atoms with van der Waals surface area (Å²) in [4.78, 5) is 14.6. The Morgan fingerprint density at radius 1 is 1.19 bits per heavy atom. The van der Waals surface area contributed by atoms with Crippen LogP contribution in [0.3, 0.4) is 0 Å². The molecular formula is C19H27FN2O3S. The third-order valence-corrected chi connectivity index (χ3v) is 7.02. The Balaban J connectivity index is 1.65. The highest BCUT2D eigenvalue weighted by Crippen LogP contribution is 2.32. The zero-order valence-corrected chi connectivity index (χ0v) is 16.2. The summed E-state index contributed by atoms with van der Waals surface area (Å²) in [5, 5.41) is 0. The van der Waals surface area contributed by atoms with Crippen molar-refractivity contribution in [2.45, 2.75) is 50.5 Å². The average molecular weight is 383 g/mol. The molecule has 0 radical (unpaired) electrons. The van der Waals surface area contributed by atoms with E-state index in [0.717, 1.165) is 25.5 Å². The maximum Gasteiger partial charge on any atom is 0.245 e. The molecule has 144 valence electrons. The van der Waals surface area contributed by atoms with Crippen molar-refractivity contribution < 1.29 is 17.6 Å². The number of rotatable bonds is 6. The summed E-state index contributed by atoms with van der Waals surface area (Å²) in [6.45, 7) is 5.48. The normalized spacial score (nSPS) is 19.7. The fraction of sp³-hybridized carbons (Fsp3) is 0.632. The third kappa shape index (κ3) is 4.09. The van der Waals surface area contributed by atoms with Crippen molar-refractivity contribution in [1.29, 1.82) is 0 Å². The van der Waals surface area contributed by atoms with Gasteiger partial charge in [0.2, 0.25) is 15.9 Å². The Morgan fingerprint density at radius 2 is 1.81 bits per heavy atom. The van der Waals surface area contributed by atoms with Gasteiger partial charge in [-0.15, -0.1) is 0 Å². The van der Waals surface area contributed by atoms with Crippen LogP contribution < -0.4 is 0 Å². The summed E-state index contributed by atoms with van der Waals surface area (Å²) in [5.74, 6) is -0.297. The lowest BCUT2D eigenvalue weighted by Crippen LogP contribution is -2.46. The molecule has 1 aromatic carbocycles. The average Bonchev–Trinajstić information content (AvgIpc) is 3.44. The van der Waals surface area contributed by atoms with E-state index in [1.807, 2.05) is 4.90 Å². The predicted octanol–water partition coefficient (Wildman–Crippen LogP) is 2.87. The monoisotopic (exact) mass is 382 g/mol. The van der Waals surface area contributed by atoms with Crippen LogP contribution in [0.4, 0.5) is 4.39 Å². The molecule has 1 aliphatic heterocycles. The lowest BCUT2D eigenvalue weighted by atomic mass is 9.96. The van der Waals surface area contributed by atoms with E-state index in [1.165, 1.54) is 22.5 Å². The minimum atomic E-state index is -3.85. The first kappa shape index (κ1) is 19.3. The van der Waals surface area contributed by atoms with Gasteiger partial charge in [-0.3, -0.25) is 4.79 Å². The minimum absolute atomic E-state index is 0.138. The van der Waals surface area contributed by atoms with Gasteiger partial charge in [0.25, 0.3) is 0 Å². The van der Waals surface area contributed by atoms with Crippen molar-refractivity contribution in [2.24, 2.45) is 11.8 Å². The highest BCUT2D eigenvalue weighted by atomic mass is 32.2. The maximum atomic E-state index is 13.9. The van der Waals surface area contributed by atoms with Gasteiger partial charge >= 0.3 is 0 Å². The molecule has 0 unspecified atom stereocenters. The van der Waals surface area contributed by atoms with Crippen LogP contribution in [0.2, 0.25) is 0 Å². The first-order valence-corrected chi connectivity index (χ1v) is 10.8. The second kappa shape index (κ2) is 7.64. The summed E-state index contributed by atoms with van der Waals surface area (Å²) < 4.78 is 40.6. The zero-order chi connectivity index (χ0) is 18.9. The van der Waals surface area contributed by atoms with Crippen molar-refractivity contribution in [3.63, 3.8) is 0 Å². The molecule has 0 bridgehead atoms. The van der Waals surface area contributed by atoms with E-state index in [9.17, 15) is 17.6 Å². The van der Waals surface area contributed by atoms with Gasteiger partial charge in [0.15, 0.2) is 0 Å². The minimum Gasteiger partial charge on any atom is -0.339 e. The summed E-state index contributed by atoms with van der Waals surface area (Å²) in [5.41, 5.74) is 0. The molecular weight excluding hydrogens is 355 g/mol. The molecule has 5 nitrogen and oxygen atoms in total. The lowest BCUT2D eigenvalue weighted by Gasteiger charge is -2.34. The van der Waals surface area contributed by atoms with Crippen molar-refractivity contribution in [3.05, 3.63) is 30.1 Å². The third-order valence-electron chi connectivity index (χ3n) is 5.09. The molecule has 1 heterocycles. The van der Waals surface area contributed by atoms with Gasteiger partial charge in [-0.05, 0) is 43.7 Å². The van der Waals surface area contributed by atoms with E-state index in [2.05, 4.69) is 13.8 Å². The smallest absolute Gasteiger partial charge is 0.245 e. The Hall–Kier alpha value is -1.47. The molecule has 1 amide bonds. The SMILES string of the molecule is CC(C)CN(C(=O)C1CCN(S(=O)(=O)c2ccccc2F)CC1)C1CC1. The van der Waals surface area contributed by atoms with Crippen LogP contribution in [-0.2, 0) is 14.8 Å². The van der Waals surface area contributed by atoms with E-state index in [4.69, 9.17) is 0 Å². The molecule has 0 N–H and O–H groups in total. The molecule has 0 aromatic heterocycles. The molecule has 0 spiro atoms. The Bertz CT molecular complexity index is 754. The number of carbonyl (C=O) groups excluding carboxylic acids is 1. The molecule has 2 aliphatic rings. The Morgan fingerprint density at radius 3 is 2.35 bits per heavy atom. The predicted molar refractivity (Wildman–Crippen MR) is 97.5 cm³/mol. The van der Waals surface area contributed by atoms with Gasteiger partial charge in [0, 0.05) is 31.6 Å². The summed E-state index contributed by atoms with van der Waals surface area (Å²) >= 11 is 0. The topological polar surface area (TPSA) is 57.7 Å². The van der Waals surface area contributed by atoms with Gasteiger partial charge in [-0.1, -0.05) is 26.0 Å². The summed E-state index contributed by atoms with van der Waals surface area (Å²) in [6.07, 6.45) is 3.12. The second-order valence-electron chi connectivity index (χ2n) is 7.72. The number of piperidine rings is 1. The highest BCUT2D eigenvalue weighted by Gasteiger charge is 2.39. The first-order chi connectivity index (χ1) is 12.3. The van der Waals surface area contributed by atoms with Gasteiger partial charge in [-0.2, -0.15) is 4.31 Å². The quantitative estimate of drug-likeness (QED) is 0.760. The standard InChI is InChI=1S/C19H27FN2O3S/c1-14(2)13-22(16-7-8-16)19(23)15-9-11-21(12-10-15)26(24,25)18-6-4-3-5-17(18)20/h3-6,14-16H,7-13H2,1-2H3. The Labute approximate surface area is 155 Å². The summed E-state index contributed by atoms with van der Waals surface area (Å²) in [7, 11) is -3.85. The van der Waals surface area contributed by atoms with Crippen LogP contribution in [0.1, 0.15) is 39.5 Å². The highest BCUT2D eigenvalue weighted by molar-refractivity contribution is 7.89. The number of halogens is 1. The lowest BCUT2D eigenvalue weighted by molar-refractivity contribution is -0.137. The number of sulfonamides is 1. The molecule has 7 heteroatoms. The number of hydrogen-bond donors (Lipinski definition) is 0. The number of benzene rings is 1. The molecule has 0 atom stereocenters. The van der Waals surface area contributed by atoms with Gasteiger partial charge in [0.1, 0.15) is 10.7 Å². The van der Waals surface area contributed by atoms with Crippen molar-refractivity contribution in [3.8, 4) is 0 Å². The molecule has 1 saturated heterocycles. The number of amides is 1. The van der Waals surface area contributed by atoms with E-state index in [1.54, 1.807) is 0 Å². The molecule has 26 heavy (non-hydrogen) atoms. The maximum absolute atomic E-state index is 13.9. The number of hydrogen-bond acceptors (Lipinski definition) is 3. The van der Waals surface area contributed by atoms with E-state index >= 15 is 0 Å². The van der Waals surface area contributed by atoms with Crippen LogP contribution in [-0.4, -0.2) is 49.2 Å². The largest absolute Gasteiger partial charge is 0.339 e. The van der Waals surface area contributed by atoms with Gasteiger partial charge < -0.3 is 4.90 Å². The van der Waals surface area contributed by atoms with Gasteiger partial charge in [0.05, 0.1) is 0 Å². The van der Waals surface area contributed by atoms with Crippen LogP contribution in [0.25, 0.3) is 0 Å². The number of nitrogens with zero attached hydrogens (tertiary/aromatic N) is 2. The molecule has 1 aliphatic carbocycles. The number of carbonyl (C=O) groups is 1. The Kier molecular flexibility index (Phi) is 5.67. The molecule has 1 saturated carbocycles. The van der Waals surface area contributed by atoms with Crippen molar-refractivity contribution in [2.75, 3.05) is 19.6 Å². The van der Waals surface area contributed by atoms with Gasteiger partial charge in [-0.25, -0.2) is 12.8 Å².